The van der Waals surface area contributed by atoms with Gasteiger partial charge in [0.25, 0.3) is 10.0 Å². The summed E-state index contributed by atoms with van der Waals surface area (Å²) >= 11 is 11.9. The highest BCUT2D eigenvalue weighted by Crippen LogP contribution is 2.30. The Morgan fingerprint density at radius 2 is 1.75 bits per heavy atom. The molecule has 0 fully saturated rings. The lowest BCUT2D eigenvalue weighted by Gasteiger charge is -2.10. The van der Waals surface area contributed by atoms with Crippen LogP contribution in [0.15, 0.2) is 29.4 Å². The van der Waals surface area contributed by atoms with E-state index in [1.807, 2.05) is 0 Å². The maximum absolute atomic E-state index is 12.1. The first-order chi connectivity index (χ1) is 9.29. The van der Waals surface area contributed by atoms with Crippen molar-refractivity contribution in [1.29, 1.82) is 0 Å². The summed E-state index contributed by atoms with van der Waals surface area (Å²) in [5.74, 6) is -0.0136. The Bertz CT molecular complexity index is 748. The van der Waals surface area contributed by atoms with Crippen molar-refractivity contribution in [3.63, 3.8) is 0 Å². The van der Waals surface area contributed by atoms with Gasteiger partial charge in [0.1, 0.15) is 4.90 Å². The monoisotopic (exact) mass is 332 g/mol. The first kappa shape index (κ1) is 14.8. The molecule has 0 aliphatic carbocycles. The Labute approximate surface area is 126 Å². The molecule has 0 amide bonds. The van der Waals surface area contributed by atoms with Gasteiger partial charge >= 0.3 is 0 Å². The molecule has 0 unspecified atom stereocenters. The second-order valence-electron chi connectivity index (χ2n) is 3.96. The lowest BCUT2D eigenvalue weighted by atomic mass is 10.2. The van der Waals surface area contributed by atoms with E-state index in [9.17, 15) is 8.42 Å². The van der Waals surface area contributed by atoms with Crippen LogP contribution in [0.5, 0.6) is 0 Å². The SMILES string of the molecule is Cc1cc(Cl)c(NS(=O)(=O)c2cnc(N)nc2)cc1Cl. The molecule has 0 aliphatic heterocycles. The average Bonchev–Trinajstić information content (AvgIpc) is 2.36. The fourth-order valence-corrected chi connectivity index (χ4v) is 2.84. The summed E-state index contributed by atoms with van der Waals surface area (Å²) < 4.78 is 26.6. The Balaban J connectivity index is 2.38. The number of hydrogen-bond acceptors (Lipinski definition) is 5. The van der Waals surface area contributed by atoms with Crippen LogP contribution in [0.3, 0.4) is 0 Å². The second-order valence-corrected chi connectivity index (χ2v) is 6.46. The molecule has 106 valence electrons. The minimum absolute atomic E-state index is 0.0136. The van der Waals surface area contributed by atoms with Gasteiger partial charge in [-0.25, -0.2) is 18.4 Å². The second kappa shape index (κ2) is 5.43. The summed E-state index contributed by atoms with van der Waals surface area (Å²) in [6, 6.07) is 3.01. The van der Waals surface area contributed by atoms with Crippen molar-refractivity contribution in [2.24, 2.45) is 0 Å². The van der Waals surface area contributed by atoms with Crippen molar-refractivity contribution in [2.75, 3.05) is 10.5 Å². The van der Waals surface area contributed by atoms with E-state index in [1.165, 1.54) is 6.07 Å². The highest BCUT2D eigenvalue weighted by molar-refractivity contribution is 7.92. The number of nitrogens with one attached hydrogen (secondary N) is 1. The smallest absolute Gasteiger partial charge is 0.265 e. The molecule has 6 nitrogen and oxygen atoms in total. The zero-order chi connectivity index (χ0) is 14.9. The zero-order valence-corrected chi connectivity index (χ0v) is 12.6. The maximum atomic E-state index is 12.1. The van der Waals surface area contributed by atoms with Gasteiger partial charge < -0.3 is 5.73 Å². The summed E-state index contributed by atoms with van der Waals surface area (Å²) in [5.41, 5.74) is 6.23. The number of benzene rings is 1. The van der Waals surface area contributed by atoms with Crippen LogP contribution in [-0.4, -0.2) is 18.4 Å². The van der Waals surface area contributed by atoms with E-state index in [0.29, 0.717) is 5.02 Å². The largest absolute Gasteiger partial charge is 0.368 e. The molecule has 0 saturated carbocycles. The first-order valence-corrected chi connectivity index (χ1v) is 7.59. The van der Waals surface area contributed by atoms with Gasteiger partial charge in [-0.05, 0) is 24.6 Å². The number of sulfonamides is 1. The molecule has 0 saturated heterocycles. The van der Waals surface area contributed by atoms with Crippen molar-refractivity contribution < 1.29 is 8.42 Å². The minimum Gasteiger partial charge on any atom is -0.368 e. The number of aromatic nitrogens is 2. The normalized spacial score (nSPS) is 11.3. The predicted octanol–water partition coefficient (Wildman–Crippen LogP) is 2.47. The van der Waals surface area contributed by atoms with Crippen LogP contribution < -0.4 is 10.5 Å². The Morgan fingerprint density at radius 3 is 2.35 bits per heavy atom. The van der Waals surface area contributed by atoms with Crippen molar-refractivity contribution in [3.8, 4) is 0 Å². The van der Waals surface area contributed by atoms with Gasteiger partial charge in [-0.3, -0.25) is 4.72 Å². The number of anilines is 2. The van der Waals surface area contributed by atoms with E-state index in [-0.39, 0.29) is 21.6 Å². The topological polar surface area (TPSA) is 98.0 Å². The molecule has 2 aromatic rings. The summed E-state index contributed by atoms with van der Waals surface area (Å²) in [4.78, 5) is 7.13. The fraction of sp³-hybridized carbons (Fsp3) is 0.0909. The van der Waals surface area contributed by atoms with Crippen LogP contribution in [0.25, 0.3) is 0 Å². The van der Waals surface area contributed by atoms with Gasteiger partial charge in [0, 0.05) is 5.02 Å². The molecule has 2 rings (SSSR count). The molecule has 1 aromatic heterocycles. The van der Waals surface area contributed by atoms with Crippen molar-refractivity contribution in [3.05, 3.63) is 40.1 Å². The van der Waals surface area contributed by atoms with Gasteiger partial charge in [0.2, 0.25) is 5.95 Å². The van der Waals surface area contributed by atoms with Crippen LogP contribution >= 0.6 is 23.2 Å². The van der Waals surface area contributed by atoms with Crippen LogP contribution in [0.2, 0.25) is 10.0 Å². The van der Waals surface area contributed by atoms with Gasteiger partial charge in [0.05, 0.1) is 23.1 Å². The fourth-order valence-electron chi connectivity index (χ4n) is 1.39. The molecule has 0 aliphatic rings. The highest BCUT2D eigenvalue weighted by Gasteiger charge is 2.17. The molecule has 0 bridgehead atoms. The van der Waals surface area contributed by atoms with Crippen LogP contribution in [-0.2, 0) is 10.0 Å². The number of hydrogen-bond donors (Lipinski definition) is 2. The van der Waals surface area contributed by atoms with Crippen LogP contribution in [0.4, 0.5) is 11.6 Å². The lowest BCUT2D eigenvalue weighted by Crippen LogP contribution is -2.14. The van der Waals surface area contributed by atoms with Gasteiger partial charge in [-0.15, -0.1) is 0 Å². The van der Waals surface area contributed by atoms with Crippen molar-refractivity contribution in [1.82, 2.24) is 9.97 Å². The number of rotatable bonds is 3. The van der Waals surface area contributed by atoms with E-state index in [2.05, 4.69) is 14.7 Å². The summed E-state index contributed by atoms with van der Waals surface area (Å²) in [7, 11) is -3.86. The molecular weight excluding hydrogens is 323 g/mol. The lowest BCUT2D eigenvalue weighted by molar-refractivity contribution is 0.600. The van der Waals surface area contributed by atoms with Gasteiger partial charge in [0.15, 0.2) is 0 Å². The molecular formula is C11H10Cl2N4O2S. The molecule has 3 N–H and O–H groups in total. The number of halogens is 2. The molecule has 0 atom stereocenters. The Kier molecular flexibility index (Phi) is 4.03. The third kappa shape index (κ3) is 3.12. The Morgan fingerprint density at radius 1 is 1.15 bits per heavy atom. The standard InChI is InChI=1S/C11H10Cl2N4O2S/c1-6-2-9(13)10(3-8(6)12)17-20(18,19)7-4-15-11(14)16-5-7/h2-5,17H,1H3,(H2,14,15,16). The number of nitrogens with two attached hydrogens (primary N) is 1. The quantitative estimate of drug-likeness (QED) is 0.899. The third-order valence-corrected chi connectivity index (χ3v) is 4.49. The Hall–Kier alpha value is -1.57. The average molecular weight is 333 g/mol. The number of aryl methyl sites for hydroxylation is 1. The maximum Gasteiger partial charge on any atom is 0.265 e. The number of nitrogens with zero attached hydrogens (tertiary/aromatic N) is 2. The van der Waals surface area contributed by atoms with Gasteiger partial charge in [-0.1, -0.05) is 23.2 Å². The van der Waals surface area contributed by atoms with E-state index in [1.54, 1.807) is 13.0 Å². The molecule has 1 heterocycles. The summed E-state index contributed by atoms with van der Waals surface area (Å²) in [5, 5.41) is 0.646. The first-order valence-electron chi connectivity index (χ1n) is 5.35. The van der Waals surface area contributed by atoms with E-state index in [0.717, 1.165) is 18.0 Å². The summed E-state index contributed by atoms with van der Waals surface area (Å²) in [6.45, 7) is 1.76. The van der Waals surface area contributed by atoms with Crippen molar-refractivity contribution >= 4 is 44.9 Å². The van der Waals surface area contributed by atoms with E-state index >= 15 is 0 Å². The predicted molar refractivity (Wildman–Crippen MR) is 78.5 cm³/mol. The van der Waals surface area contributed by atoms with Gasteiger partial charge in [-0.2, -0.15) is 0 Å². The van der Waals surface area contributed by atoms with E-state index in [4.69, 9.17) is 28.9 Å². The molecule has 0 radical (unpaired) electrons. The summed E-state index contributed by atoms with van der Waals surface area (Å²) in [6.07, 6.45) is 2.21. The molecule has 20 heavy (non-hydrogen) atoms. The molecule has 0 spiro atoms. The molecule has 9 heteroatoms. The van der Waals surface area contributed by atoms with Crippen LogP contribution in [0, 0.1) is 6.92 Å². The number of nitrogen functional groups attached to an aromatic ring is 1. The third-order valence-electron chi connectivity index (χ3n) is 2.45. The van der Waals surface area contributed by atoms with Crippen LogP contribution in [0.1, 0.15) is 5.56 Å². The molecule has 1 aromatic carbocycles. The minimum atomic E-state index is -3.86. The highest BCUT2D eigenvalue weighted by atomic mass is 35.5. The van der Waals surface area contributed by atoms with E-state index < -0.39 is 10.0 Å². The van der Waals surface area contributed by atoms with Crippen molar-refractivity contribution in [2.45, 2.75) is 11.8 Å². The zero-order valence-electron chi connectivity index (χ0n) is 10.3.